The second kappa shape index (κ2) is 17.5. The van der Waals surface area contributed by atoms with Crippen LogP contribution in [0.5, 0.6) is 11.5 Å². The molecule has 8 nitrogen and oxygen atoms in total. The maximum atomic E-state index is 13.0. The Morgan fingerprint density at radius 1 is 0.543 bits per heavy atom. The smallest absolute Gasteiger partial charge is 0.423 e. The van der Waals surface area contributed by atoms with Gasteiger partial charge < -0.3 is 18.9 Å². The van der Waals surface area contributed by atoms with Gasteiger partial charge in [0, 0.05) is 0 Å². The van der Waals surface area contributed by atoms with Gasteiger partial charge in [-0.2, -0.15) is 0 Å². The van der Waals surface area contributed by atoms with Crippen molar-refractivity contribution >= 4 is 93.5 Å². The first kappa shape index (κ1) is 36.9. The lowest BCUT2D eigenvalue weighted by molar-refractivity contribution is -0.156. The van der Waals surface area contributed by atoms with Crippen LogP contribution in [0.15, 0.2) is 12.1 Å². The van der Waals surface area contributed by atoms with Crippen molar-refractivity contribution in [2.45, 2.75) is 77.0 Å². The summed E-state index contributed by atoms with van der Waals surface area (Å²) in [7, 11) is 0. The van der Waals surface area contributed by atoms with Crippen LogP contribution in [0.3, 0.4) is 0 Å². The summed E-state index contributed by atoms with van der Waals surface area (Å²) in [6, 6.07) is 2.26. The van der Waals surface area contributed by atoms with Crippen LogP contribution in [-0.2, 0) is 19.1 Å². The molecule has 4 rings (SSSR count). The molecule has 2 saturated carbocycles. The van der Waals surface area contributed by atoms with Gasteiger partial charge in [-0.25, -0.2) is 19.2 Å². The van der Waals surface area contributed by atoms with Crippen molar-refractivity contribution < 1.29 is 38.1 Å². The van der Waals surface area contributed by atoms with E-state index in [0.29, 0.717) is 12.8 Å². The van der Waals surface area contributed by atoms with Crippen LogP contribution in [0.1, 0.15) is 97.8 Å². The van der Waals surface area contributed by atoms with Gasteiger partial charge in [-0.15, -0.1) is 0 Å². The Morgan fingerprint density at radius 3 is 1.26 bits per heavy atom. The number of benzene rings is 2. The van der Waals surface area contributed by atoms with Crippen LogP contribution in [0.2, 0.25) is 30.1 Å². The van der Waals surface area contributed by atoms with Crippen molar-refractivity contribution in [3.05, 3.63) is 53.4 Å². The van der Waals surface area contributed by atoms with Gasteiger partial charge in [-0.1, -0.05) is 134 Å². The van der Waals surface area contributed by atoms with Gasteiger partial charge in [-0.3, -0.25) is 0 Å². The molecular weight excluding hydrogens is 725 g/mol. The SMILES string of the molecule is O=C(Oc1c(Cl)cc(Cl)c(Cl)c1C(=O)OCCCCCC1CC1)C(=O)Oc1c(Cl)cc(Cl)c(Cl)c1C(=O)OCCCCCC1CC1. The second-order valence-corrected chi connectivity index (χ2v) is 13.7. The molecule has 2 aromatic rings. The van der Waals surface area contributed by atoms with Gasteiger partial charge in [-0.05, 0) is 36.8 Å². The van der Waals surface area contributed by atoms with E-state index in [9.17, 15) is 19.2 Å². The van der Waals surface area contributed by atoms with Gasteiger partial charge in [0.2, 0.25) is 0 Å². The zero-order valence-electron chi connectivity index (χ0n) is 24.7. The van der Waals surface area contributed by atoms with Crippen LogP contribution in [-0.4, -0.2) is 37.1 Å². The highest BCUT2D eigenvalue weighted by Gasteiger charge is 2.32. The normalized spacial score (nSPS) is 14.1. The topological polar surface area (TPSA) is 105 Å². The van der Waals surface area contributed by atoms with Gasteiger partial charge >= 0.3 is 23.9 Å². The molecule has 2 fully saturated rings. The Bertz CT molecular complexity index is 1360. The van der Waals surface area contributed by atoms with Crippen molar-refractivity contribution in [3.8, 4) is 11.5 Å². The molecule has 0 atom stereocenters. The fraction of sp³-hybridized carbons (Fsp3) is 0.500. The van der Waals surface area contributed by atoms with Crippen molar-refractivity contribution in [2.75, 3.05) is 13.2 Å². The minimum atomic E-state index is -1.63. The van der Waals surface area contributed by atoms with E-state index in [1.807, 2.05) is 0 Å². The van der Waals surface area contributed by atoms with E-state index in [1.54, 1.807) is 0 Å². The number of carbonyl (C=O) groups excluding carboxylic acids is 4. The minimum absolute atomic E-state index is 0.0779. The summed E-state index contributed by atoms with van der Waals surface area (Å²) in [6.07, 6.45) is 12.4. The molecule has 0 spiro atoms. The average molecular weight is 757 g/mol. The molecule has 2 aliphatic rings. The fourth-order valence-electron chi connectivity index (χ4n) is 4.70. The average Bonchev–Trinajstić information content (AvgIpc) is 3.94. The fourth-order valence-corrected chi connectivity index (χ4v) is 6.14. The molecule has 0 radical (unpaired) electrons. The second-order valence-electron chi connectivity index (χ2n) is 11.4. The van der Waals surface area contributed by atoms with Crippen molar-refractivity contribution in [3.63, 3.8) is 0 Å². The van der Waals surface area contributed by atoms with E-state index in [2.05, 4.69) is 0 Å². The molecule has 2 aromatic carbocycles. The number of rotatable bonds is 16. The van der Waals surface area contributed by atoms with E-state index in [-0.39, 0.29) is 43.3 Å². The van der Waals surface area contributed by atoms with Crippen molar-refractivity contribution in [1.82, 2.24) is 0 Å². The quantitative estimate of drug-likeness (QED) is 0.0548. The van der Waals surface area contributed by atoms with E-state index >= 15 is 0 Å². The molecular formula is C32H32Cl6O8. The highest BCUT2D eigenvalue weighted by Crippen LogP contribution is 2.42. The summed E-state index contributed by atoms with van der Waals surface area (Å²) in [5.41, 5.74) is -0.903. The molecule has 0 N–H and O–H groups in total. The third kappa shape index (κ3) is 10.5. The maximum absolute atomic E-state index is 13.0. The molecule has 0 unspecified atom stereocenters. The molecule has 14 heteroatoms. The van der Waals surface area contributed by atoms with E-state index in [4.69, 9.17) is 88.6 Å². The monoisotopic (exact) mass is 754 g/mol. The molecule has 46 heavy (non-hydrogen) atoms. The highest BCUT2D eigenvalue weighted by molar-refractivity contribution is 6.47. The number of unbranched alkanes of at least 4 members (excludes halogenated alkanes) is 4. The first-order chi connectivity index (χ1) is 22.0. The number of esters is 4. The van der Waals surface area contributed by atoms with Gasteiger partial charge in [0.1, 0.15) is 11.1 Å². The molecule has 2 aliphatic carbocycles. The molecule has 250 valence electrons. The third-order valence-electron chi connectivity index (χ3n) is 7.59. The van der Waals surface area contributed by atoms with Crippen LogP contribution in [0, 0.1) is 11.8 Å². The molecule has 0 saturated heterocycles. The van der Waals surface area contributed by atoms with Crippen LogP contribution < -0.4 is 9.47 Å². The van der Waals surface area contributed by atoms with Crippen molar-refractivity contribution in [1.29, 1.82) is 0 Å². The standard InChI is InChI=1S/C32H32Cl6O8/c33-19-15-21(35)27(23(25(19)37)29(39)43-13-5-1-3-7-17-9-10-17)45-31(41)32(42)46-28-22(36)16-20(34)26(38)24(28)30(40)44-14-6-2-4-8-18-11-12-18/h15-18H,1-14H2. The lowest BCUT2D eigenvalue weighted by Crippen LogP contribution is -2.27. The summed E-state index contributed by atoms with van der Waals surface area (Å²) < 4.78 is 21.0. The summed E-state index contributed by atoms with van der Waals surface area (Å²) >= 11 is 37.2. The Kier molecular flexibility index (Phi) is 14.0. The molecule has 0 aromatic heterocycles. The van der Waals surface area contributed by atoms with E-state index < -0.39 is 46.5 Å². The first-order valence-corrected chi connectivity index (χ1v) is 17.4. The Hall–Kier alpha value is -1.94. The number of carbonyl (C=O) groups is 4. The zero-order chi connectivity index (χ0) is 33.4. The predicted octanol–water partition coefficient (Wildman–Crippen LogP) is 10.4. The Morgan fingerprint density at radius 2 is 0.913 bits per heavy atom. The number of ether oxygens (including phenoxy) is 4. The van der Waals surface area contributed by atoms with Crippen LogP contribution in [0.4, 0.5) is 0 Å². The van der Waals surface area contributed by atoms with Gasteiger partial charge in [0.05, 0.1) is 43.3 Å². The Balaban J connectivity index is 1.42. The summed E-state index contributed by atoms with van der Waals surface area (Å²) in [4.78, 5) is 51.7. The van der Waals surface area contributed by atoms with Crippen LogP contribution in [0.25, 0.3) is 0 Å². The first-order valence-electron chi connectivity index (χ1n) is 15.1. The van der Waals surface area contributed by atoms with Gasteiger partial charge in [0.15, 0.2) is 11.5 Å². The maximum Gasteiger partial charge on any atom is 0.423 e. The van der Waals surface area contributed by atoms with E-state index in [1.165, 1.54) is 25.7 Å². The predicted molar refractivity (Wildman–Crippen MR) is 177 cm³/mol. The summed E-state index contributed by atoms with van der Waals surface area (Å²) in [6.45, 7) is 0.156. The van der Waals surface area contributed by atoms with E-state index in [0.717, 1.165) is 62.5 Å². The number of hydrogen-bond acceptors (Lipinski definition) is 8. The Labute approximate surface area is 297 Å². The zero-order valence-corrected chi connectivity index (χ0v) is 29.3. The number of halogens is 6. The van der Waals surface area contributed by atoms with Gasteiger partial charge in [0.25, 0.3) is 0 Å². The minimum Gasteiger partial charge on any atom is -0.462 e. The number of hydrogen-bond donors (Lipinski definition) is 0. The highest BCUT2D eigenvalue weighted by atomic mass is 35.5. The molecule has 0 bridgehead atoms. The lowest BCUT2D eigenvalue weighted by atomic mass is 10.1. The largest absolute Gasteiger partial charge is 0.462 e. The van der Waals surface area contributed by atoms with Crippen LogP contribution >= 0.6 is 69.6 Å². The molecule has 0 heterocycles. The van der Waals surface area contributed by atoms with Crippen molar-refractivity contribution in [2.24, 2.45) is 11.8 Å². The molecule has 0 amide bonds. The lowest BCUT2D eigenvalue weighted by Gasteiger charge is -2.15. The summed E-state index contributed by atoms with van der Waals surface area (Å²) in [5, 5.41) is -1.43. The molecule has 0 aliphatic heterocycles. The summed E-state index contributed by atoms with van der Waals surface area (Å²) in [5.74, 6) is -4.71. The third-order valence-corrected chi connectivity index (χ3v) is 9.73.